The van der Waals surface area contributed by atoms with E-state index in [0.717, 1.165) is 44.3 Å². The van der Waals surface area contributed by atoms with Gasteiger partial charge in [0.05, 0.1) is 0 Å². The molecule has 2 unspecified atom stereocenters. The number of carbonyl (C=O) groups is 1. The molecule has 2 aliphatic rings. The molecule has 0 spiro atoms. The van der Waals surface area contributed by atoms with Crippen LogP contribution in [0.25, 0.3) is 0 Å². The normalized spacial score (nSPS) is 25.4. The lowest BCUT2D eigenvalue weighted by Crippen LogP contribution is -2.34. The SMILES string of the molecule is NC1CCCC(C(=O)Nc2ccc(CCN3CCSCC3)cc2)C1. The summed E-state index contributed by atoms with van der Waals surface area (Å²) in [7, 11) is 0. The summed E-state index contributed by atoms with van der Waals surface area (Å²) in [6.45, 7) is 3.55. The summed E-state index contributed by atoms with van der Waals surface area (Å²) in [6.07, 6.45) is 4.97. The molecule has 1 amide bonds. The van der Waals surface area contributed by atoms with E-state index < -0.39 is 0 Å². The summed E-state index contributed by atoms with van der Waals surface area (Å²) in [5, 5.41) is 3.06. The summed E-state index contributed by atoms with van der Waals surface area (Å²) in [6, 6.07) is 8.52. The minimum atomic E-state index is 0.0744. The smallest absolute Gasteiger partial charge is 0.227 e. The second kappa shape index (κ2) is 8.88. The van der Waals surface area contributed by atoms with E-state index in [2.05, 4.69) is 22.3 Å². The molecule has 4 nitrogen and oxygen atoms in total. The molecule has 1 saturated heterocycles. The minimum absolute atomic E-state index is 0.0744. The highest BCUT2D eigenvalue weighted by Crippen LogP contribution is 2.24. The van der Waals surface area contributed by atoms with E-state index in [-0.39, 0.29) is 17.9 Å². The van der Waals surface area contributed by atoms with Gasteiger partial charge in [0.15, 0.2) is 0 Å². The van der Waals surface area contributed by atoms with Gasteiger partial charge in [0.1, 0.15) is 0 Å². The standard InChI is InChI=1S/C19H29N3OS/c20-17-3-1-2-16(14-17)19(23)21-18-6-4-15(5-7-18)8-9-22-10-12-24-13-11-22/h4-7,16-17H,1-3,8-14,20H2,(H,21,23). The summed E-state index contributed by atoms with van der Waals surface area (Å²) < 4.78 is 0. The fraction of sp³-hybridized carbons (Fsp3) is 0.632. The Morgan fingerprint density at radius 2 is 1.96 bits per heavy atom. The van der Waals surface area contributed by atoms with E-state index in [1.54, 1.807) is 0 Å². The number of amides is 1. The second-order valence-corrected chi connectivity index (χ2v) is 8.24. The highest BCUT2D eigenvalue weighted by Gasteiger charge is 2.25. The van der Waals surface area contributed by atoms with E-state index in [9.17, 15) is 4.79 Å². The highest BCUT2D eigenvalue weighted by atomic mass is 32.2. The topological polar surface area (TPSA) is 58.4 Å². The molecule has 1 aliphatic heterocycles. The Balaban J connectivity index is 1.46. The van der Waals surface area contributed by atoms with Gasteiger partial charge in [0.2, 0.25) is 5.91 Å². The predicted octanol–water partition coefficient (Wildman–Crippen LogP) is 2.73. The van der Waals surface area contributed by atoms with Crippen molar-refractivity contribution in [2.75, 3.05) is 36.5 Å². The van der Waals surface area contributed by atoms with Crippen LogP contribution in [0.4, 0.5) is 5.69 Å². The van der Waals surface area contributed by atoms with Gasteiger partial charge >= 0.3 is 0 Å². The summed E-state index contributed by atoms with van der Waals surface area (Å²) in [5.41, 5.74) is 8.22. The van der Waals surface area contributed by atoms with Gasteiger partial charge in [-0.15, -0.1) is 0 Å². The number of anilines is 1. The van der Waals surface area contributed by atoms with Crippen LogP contribution in [-0.2, 0) is 11.2 Å². The van der Waals surface area contributed by atoms with E-state index in [4.69, 9.17) is 5.73 Å². The maximum atomic E-state index is 12.4. The molecule has 132 valence electrons. The lowest BCUT2D eigenvalue weighted by molar-refractivity contribution is -0.120. The van der Waals surface area contributed by atoms with Gasteiger partial charge in [-0.05, 0) is 43.4 Å². The van der Waals surface area contributed by atoms with Gasteiger partial charge < -0.3 is 16.0 Å². The lowest BCUT2D eigenvalue weighted by Gasteiger charge is -2.26. The number of hydrogen-bond acceptors (Lipinski definition) is 4. The number of benzene rings is 1. The molecule has 1 aromatic rings. The summed E-state index contributed by atoms with van der Waals surface area (Å²) in [4.78, 5) is 14.9. The first-order valence-electron chi connectivity index (χ1n) is 9.16. The first-order valence-corrected chi connectivity index (χ1v) is 10.3. The summed E-state index contributed by atoms with van der Waals surface area (Å²) >= 11 is 2.05. The molecule has 3 rings (SSSR count). The average molecular weight is 348 g/mol. The van der Waals surface area contributed by atoms with Crippen molar-refractivity contribution in [2.45, 2.75) is 38.1 Å². The van der Waals surface area contributed by atoms with E-state index in [0.29, 0.717) is 0 Å². The fourth-order valence-corrected chi connectivity index (χ4v) is 4.56. The third-order valence-electron chi connectivity index (χ3n) is 5.13. The Kier molecular flexibility index (Phi) is 6.58. The van der Waals surface area contributed by atoms with Gasteiger partial charge in [0, 0.05) is 48.8 Å². The van der Waals surface area contributed by atoms with Gasteiger partial charge in [-0.25, -0.2) is 0 Å². The Bertz CT molecular complexity index is 528. The highest BCUT2D eigenvalue weighted by molar-refractivity contribution is 7.99. The van der Waals surface area contributed by atoms with Crippen LogP contribution in [0.3, 0.4) is 0 Å². The fourth-order valence-electron chi connectivity index (χ4n) is 3.58. The zero-order valence-corrected chi connectivity index (χ0v) is 15.2. The lowest BCUT2D eigenvalue weighted by atomic mass is 9.85. The van der Waals surface area contributed by atoms with Gasteiger partial charge in [-0.2, -0.15) is 11.8 Å². The predicted molar refractivity (Wildman–Crippen MR) is 102 cm³/mol. The monoisotopic (exact) mass is 347 g/mol. The van der Waals surface area contributed by atoms with E-state index in [1.807, 2.05) is 23.9 Å². The van der Waals surface area contributed by atoms with Crippen molar-refractivity contribution < 1.29 is 4.79 Å². The molecule has 5 heteroatoms. The largest absolute Gasteiger partial charge is 0.328 e. The molecular weight excluding hydrogens is 318 g/mol. The first kappa shape index (κ1) is 17.8. The van der Waals surface area contributed by atoms with Crippen LogP contribution in [0.5, 0.6) is 0 Å². The Morgan fingerprint density at radius 3 is 2.67 bits per heavy atom. The number of hydrogen-bond donors (Lipinski definition) is 2. The van der Waals surface area contributed by atoms with Crippen molar-refractivity contribution >= 4 is 23.4 Å². The number of thioether (sulfide) groups is 1. The van der Waals surface area contributed by atoms with Crippen LogP contribution in [0.15, 0.2) is 24.3 Å². The molecule has 1 aliphatic carbocycles. The maximum absolute atomic E-state index is 12.4. The van der Waals surface area contributed by atoms with Gasteiger partial charge in [-0.3, -0.25) is 4.79 Å². The number of rotatable bonds is 5. The third-order valence-corrected chi connectivity index (χ3v) is 6.07. The number of nitrogens with one attached hydrogen (secondary N) is 1. The molecule has 0 bridgehead atoms. The zero-order chi connectivity index (χ0) is 16.8. The molecule has 1 aromatic carbocycles. The third kappa shape index (κ3) is 5.23. The number of carbonyl (C=O) groups excluding carboxylic acids is 1. The summed E-state index contributed by atoms with van der Waals surface area (Å²) in [5.74, 6) is 2.72. The maximum Gasteiger partial charge on any atom is 0.227 e. The average Bonchev–Trinajstić information content (AvgIpc) is 2.62. The van der Waals surface area contributed by atoms with Crippen molar-refractivity contribution in [3.63, 3.8) is 0 Å². The molecular formula is C19H29N3OS. The Hall–Kier alpha value is -1.04. The van der Waals surface area contributed by atoms with E-state index >= 15 is 0 Å². The van der Waals surface area contributed by atoms with Crippen LogP contribution in [0.2, 0.25) is 0 Å². The van der Waals surface area contributed by atoms with Crippen LogP contribution < -0.4 is 11.1 Å². The quantitative estimate of drug-likeness (QED) is 0.860. The molecule has 1 saturated carbocycles. The van der Waals surface area contributed by atoms with Crippen LogP contribution in [0, 0.1) is 5.92 Å². The Labute approximate surface area is 149 Å². The van der Waals surface area contributed by atoms with Gasteiger partial charge in [0.25, 0.3) is 0 Å². The van der Waals surface area contributed by atoms with Crippen LogP contribution >= 0.6 is 11.8 Å². The van der Waals surface area contributed by atoms with Crippen molar-refractivity contribution in [3.8, 4) is 0 Å². The van der Waals surface area contributed by atoms with Crippen molar-refractivity contribution in [3.05, 3.63) is 29.8 Å². The Morgan fingerprint density at radius 1 is 1.21 bits per heavy atom. The molecule has 2 fully saturated rings. The molecule has 2 atom stereocenters. The van der Waals surface area contributed by atoms with Crippen molar-refractivity contribution in [2.24, 2.45) is 11.7 Å². The molecule has 0 radical (unpaired) electrons. The molecule has 24 heavy (non-hydrogen) atoms. The van der Waals surface area contributed by atoms with Gasteiger partial charge in [-0.1, -0.05) is 18.6 Å². The van der Waals surface area contributed by atoms with Crippen LogP contribution in [-0.4, -0.2) is 48.0 Å². The molecule has 0 aromatic heterocycles. The number of nitrogens with zero attached hydrogens (tertiary/aromatic N) is 1. The molecule has 3 N–H and O–H groups in total. The minimum Gasteiger partial charge on any atom is -0.328 e. The van der Waals surface area contributed by atoms with Crippen LogP contribution in [0.1, 0.15) is 31.2 Å². The second-order valence-electron chi connectivity index (χ2n) is 7.01. The van der Waals surface area contributed by atoms with E-state index in [1.165, 1.54) is 30.2 Å². The number of nitrogens with two attached hydrogens (primary N) is 1. The molecule has 1 heterocycles. The van der Waals surface area contributed by atoms with Crippen molar-refractivity contribution in [1.29, 1.82) is 0 Å². The zero-order valence-electron chi connectivity index (χ0n) is 14.4. The first-order chi connectivity index (χ1) is 11.7. The van der Waals surface area contributed by atoms with Crippen molar-refractivity contribution in [1.82, 2.24) is 4.90 Å².